The third-order valence-electron chi connectivity index (χ3n) is 4.84. The molecule has 3 aromatic heterocycles. The summed E-state index contributed by atoms with van der Waals surface area (Å²) in [5, 5.41) is 7.67. The minimum absolute atomic E-state index is 0.0706. The molecule has 3 aromatic rings. The average Bonchev–Trinajstić information content (AvgIpc) is 3.37. The number of amides is 1. The summed E-state index contributed by atoms with van der Waals surface area (Å²) in [5.74, 6) is -0.0706. The smallest absolute Gasteiger partial charge is 0.253 e. The lowest BCUT2D eigenvalue weighted by Gasteiger charge is -2.10. The molecule has 0 aromatic carbocycles. The van der Waals surface area contributed by atoms with Gasteiger partial charge in [-0.15, -0.1) is 0 Å². The first-order chi connectivity index (χ1) is 12.6. The van der Waals surface area contributed by atoms with Gasteiger partial charge in [0.2, 0.25) is 0 Å². The monoisotopic (exact) mass is 352 g/mol. The highest BCUT2D eigenvalue weighted by molar-refractivity contribution is 6.02. The molecule has 0 radical (unpaired) electrons. The van der Waals surface area contributed by atoms with Gasteiger partial charge in [-0.05, 0) is 51.0 Å². The molecular weight excluding hydrogens is 328 g/mol. The average molecular weight is 352 g/mol. The van der Waals surface area contributed by atoms with Gasteiger partial charge in [-0.1, -0.05) is 6.07 Å². The van der Waals surface area contributed by atoms with Gasteiger partial charge in [-0.25, -0.2) is 0 Å². The molecule has 4 heterocycles. The zero-order valence-electron chi connectivity index (χ0n) is 15.2. The molecule has 4 rings (SSSR count). The molecule has 1 atom stereocenters. The highest BCUT2D eigenvalue weighted by Crippen LogP contribution is 2.26. The van der Waals surface area contributed by atoms with Crippen molar-refractivity contribution >= 4 is 11.4 Å². The van der Waals surface area contributed by atoms with Crippen LogP contribution in [-0.2, 0) is 4.74 Å². The minimum Gasteiger partial charge on any atom is -0.376 e. The van der Waals surface area contributed by atoms with Gasteiger partial charge in [0.1, 0.15) is 5.69 Å². The zero-order chi connectivity index (χ0) is 18.1. The van der Waals surface area contributed by atoms with Gasteiger partial charge >= 0.3 is 0 Å². The van der Waals surface area contributed by atoms with E-state index in [-0.39, 0.29) is 12.0 Å². The van der Waals surface area contributed by atoms with E-state index in [0.717, 1.165) is 36.4 Å². The van der Waals surface area contributed by atoms with Crippen molar-refractivity contribution in [2.45, 2.75) is 38.8 Å². The van der Waals surface area contributed by atoms with Crippen LogP contribution in [0, 0.1) is 0 Å². The topological polar surface area (TPSA) is 60.6 Å². The summed E-state index contributed by atoms with van der Waals surface area (Å²) in [7, 11) is 0. The lowest BCUT2D eigenvalue weighted by atomic mass is 10.2. The molecule has 1 amide bonds. The van der Waals surface area contributed by atoms with Crippen molar-refractivity contribution in [3.05, 3.63) is 48.3 Å². The molecule has 1 saturated heterocycles. The zero-order valence-corrected chi connectivity index (χ0v) is 15.2. The van der Waals surface area contributed by atoms with Gasteiger partial charge in [0.25, 0.3) is 5.91 Å². The lowest BCUT2D eigenvalue weighted by molar-refractivity contribution is 0.0859. The van der Waals surface area contributed by atoms with Gasteiger partial charge < -0.3 is 14.5 Å². The Balaban J connectivity index is 1.65. The maximum absolute atomic E-state index is 12.8. The molecule has 6 nitrogen and oxygen atoms in total. The van der Waals surface area contributed by atoms with Crippen LogP contribution < -0.4 is 5.32 Å². The van der Waals surface area contributed by atoms with E-state index in [1.165, 1.54) is 0 Å². The summed E-state index contributed by atoms with van der Waals surface area (Å²) in [6, 6.07) is 10.1. The normalized spacial score (nSPS) is 17.3. The van der Waals surface area contributed by atoms with Crippen molar-refractivity contribution in [3.8, 4) is 11.4 Å². The number of hydrogen-bond donors (Lipinski definition) is 1. The lowest BCUT2D eigenvalue weighted by Crippen LogP contribution is -2.31. The van der Waals surface area contributed by atoms with E-state index in [1.807, 2.05) is 51.8 Å². The molecule has 0 spiro atoms. The van der Waals surface area contributed by atoms with E-state index in [4.69, 9.17) is 4.74 Å². The first kappa shape index (κ1) is 16.8. The van der Waals surface area contributed by atoms with Crippen molar-refractivity contribution in [3.63, 3.8) is 0 Å². The second-order valence-electron chi connectivity index (χ2n) is 7.02. The Morgan fingerprint density at radius 2 is 2.23 bits per heavy atom. The Bertz CT molecular complexity index is 919. The van der Waals surface area contributed by atoms with Crippen molar-refractivity contribution in [2.24, 2.45) is 0 Å². The Morgan fingerprint density at radius 3 is 2.96 bits per heavy atom. The van der Waals surface area contributed by atoms with Crippen LogP contribution in [0.1, 0.15) is 43.1 Å². The van der Waals surface area contributed by atoms with Crippen LogP contribution in [0.15, 0.2) is 42.7 Å². The summed E-state index contributed by atoms with van der Waals surface area (Å²) >= 11 is 0. The van der Waals surface area contributed by atoms with E-state index in [9.17, 15) is 4.79 Å². The minimum atomic E-state index is -0.0706. The van der Waals surface area contributed by atoms with Crippen molar-refractivity contribution in [1.82, 2.24) is 19.5 Å². The summed E-state index contributed by atoms with van der Waals surface area (Å²) < 4.78 is 9.54. The van der Waals surface area contributed by atoms with E-state index in [1.54, 1.807) is 0 Å². The van der Waals surface area contributed by atoms with Crippen LogP contribution in [0.3, 0.4) is 0 Å². The van der Waals surface area contributed by atoms with Crippen LogP contribution in [0.5, 0.6) is 0 Å². The Kier molecular flexibility index (Phi) is 4.51. The molecule has 1 aliphatic rings. The number of carbonyl (C=O) groups is 1. The second kappa shape index (κ2) is 6.96. The third kappa shape index (κ3) is 3.12. The highest BCUT2D eigenvalue weighted by Gasteiger charge is 2.20. The van der Waals surface area contributed by atoms with Crippen molar-refractivity contribution < 1.29 is 9.53 Å². The standard InChI is InChI=1S/C20H24N4O2/c1-14(2)24-10-8-17(22-24)19-12-16(18-7-3-4-9-23(18)19)20(25)21-13-15-6-5-11-26-15/h3-4,7-10,12,14-15H,5-6,11,13H2,1-2H3,(H,21,25). The predicted molar refractivity (Wildman–Crippen MR) is 100 cm³/mol. The van der Waals surface area contributed by atoms with Gasteiger partial charge in [0.05, 0.1) is 22.9 Å². The molecule has 1 unspecified atom stereocenters. The van der Waals surface area contributed by atoms with Crippen LogP contribution in [0.4, 0.5) is 0 Å². The van der Waals surface area contributed by atoms with E-state index in [0.29, 0.717) is 18.2 Å². The summed E-state index contributed by atoms with van der Waals surface area (Å²) in [6.45, 7) is 5.53. The maximum Gasteiger partial charge on any atom is 0.253 e. The summed E-state index contributed by atoms with van der Waals surface area (Å²) in [6.07, 6.45) is 6.15. The number of rotatable bonds is 5. The number of carbonyl (C=O) groups excluding carboxylic acids is 1. The quantitative estimate of drug-likeness (QED) is 0.766. The van der Waals surface area contributed by atoms with Gasteiger partial charge in [-0.2, -0.15) is 5.10 Å². The second-order valence-corrected chi connectivity index (χ2v) is 7.02. The fraction of sp³-hybridized carbons (Fsp3) is 0.400. The number of ether oxygens (including phenoxy) is 1. The molecule has 0 bridgehead atoms. The van der Waals surface area contributed by atoms with E-state index >= 15 is 0 Å². The molecule has 26 heavy (non-hydrogen) atoms. The number of hydrogen-bond acceptors (Lipinski definition) is 3. The van der Waals surface area contributed by atoms with Crippen molar-refractivity contribution in [1.29, 1.82) is 0 Å². The number of nitrogens with one attached hydrogen (secondary N) is 1. The van der Waals surface area contributed by atoms with Crippen LogP contribution >= 0.6 is 0 Å². The largest absolute Gasteiger partial charge is 0.376 e. The Hall–Kier alpha value is -2.60. The predicted octanol–water partition coefficient (Wildman–Crippen LogP) is 3.29. The van der Waals surface area contributed by atoms with Gasteiger partial charge in [0, 0.05) is 31.6 Å². The molecular formula is C20H24N4O2. The Labute approximate surface area is 152 Å². The number of pyridine rings is 1. The fourth-order valence-electron chi connectivity index (χ4n) is 3.40. The molecule has 0 saturated carbocycles. The molecule has 0 aliphatic carbocycles. The SMILES string of the molecule is CC(C)n1ccc(-c2cc(C(=O)NCC3CCCO3)c3ccccn23)n1. The summed E-state index contributed by atoms with van der Waals surface area (Å²) in [5.41, 5.74) is 3.32. The molecule has 1 fully saturated rings. The first-order valence-corrected chi connectivity index (χ1v) is 9.19. The summed E-state index contributed by atoms with van der Waals surface area (Å²) in [4.78, 5) is 12.8. The van der Waals surface area contributed by atoms with Gasteiger partial charge in [-0.3, -0.25) is 9.48 Å². The van der Waals surface area contributed by atoms with Crippen molar-refractivity contribution in [2.75, 3.05) is 13.2 Å². The van der Waals surface area contributed by atoms with E-state index in [2.05, 4.69) is 24.3 Å². The first-order valence-electron chi connectivity index (χ1n) is 9.19. The van der Waals surface area contributed by atoms with Crippen LogP contribution in [0.25, 0.3) is 16.9 Å². The number of fused-ring (bicyclic) bond motifs is 1. The van der Waals surface area contributed by atoms with Crippen LogP contribution in [-0.4, -0.2) is 39.3 Å². The molecule has 1 aliphatic heterocycles. The molecule has 136 valence electrons. The number of aromatic nitrogens is 3. The molecule has 6 heteroatoms. The van der Waals surface area contributed by atoms with E-state index < -0.39 is 0 Å². The Morgan fingerprint density at radius 1 is 1.35 bits per heavy atom. The van der Waals surface area contributed by atoms with Crippen LogP contribution in [0.2, 0.25) is 0 Å². The number of nitrogens with zero attached hydrogens (tertiary/aromatic N) is 3. The fourth-order valence-corrected chi connectivity index (χ4v) is 3.40. The highest BCUT2D eigenvalue weighted by atomic mass is 16.5. The van der Waals surface area contributed by atoms with Gasteiger partial charge in [0.15, 0.2) is 0 Å². The third-order valence-corrected chi connectivity index (χ3v) is 4.84. The molecule has 1 N–H and O–H groups in total. The maximum atomic E-state index is 12.8.